The van der Waals surface area contributed by atoms with Crippen LogP contribution in [0.2, 0.25) is 0 Å². The molecule has 146 valence electrons. The van der Waals surface area contributed by atoms with Crippen LogP contribution in [-0.2, 0) is 6.18 Å². The Morgan fingerprint density at radius 1 is 1.10 bits per heavy atom. The highest BCUT2D eigenvalue weighted by Crippen LogP contribution is 2.46. The summed E-state index contributed by atoms with van der Waals surface area (Å²) in [5.41, 5.74) is 8.78. The quantitative estimate of drug-likeness (QED) is 0.662. The molecule has 0 bridgehead atoms. The maximum Gasteiger partial charge on any atom is 0.416 e. The minimum absolute atomic E-state index is 0.118. The minimum Gasteiger partial charge on any atom is -0.420 e. The zero-order valence-corrected chi connectivity index (χ0v) is 15.2. The molecule has 1 aromatic heterocycles. The van der Waals surface area contributed by atoms with Gasteiger partial charge in [-0.25, -0.2) is 0 Å². The lowest BCUT2D eigenvalue weighted by Crippen LogP contribution is -2.21. The number of hydrogen-bond acceptors (Lipinski definition) is 4. The summed E-state index contributed by atoms with van der Waals surface area (Å²) in [6.07, 6.45) is -4.45. The fourth-order valence-corrected chi connectivity index (χ4v) is 3.38. The summed E-state index contributed by atoms with van der Waals surface area (Å²) in [5, 5.41) is 16.7. The van der Waals surface area contributed by atoms with Gasteiger partial charge in [-0.1, -0.05) is 42.0 Å². The zero-order chi connectivity index (χ0) is 20.8. The number of aromatic nitrogens is 2. The van der Waals surface area contributed by atoms with Crippen LogP contribution in [0, 0.1) is 18.3 Å². The van der Waals surface area contributed by atoms with Crippen molar-refractivity contribution in [3.8, 4) is 23.2 Å². The number of nitrogens with one attached hydrogen (secondary N) is 1. The van der Waals surface area contributed by atoms with Crippen LogP contribution >= 0.6 is 0 Å². The SMILES string of the molecule is Cc1ccc(-c2[nH]nc3c2[C@@H](c2ccc(C(F)(F)F)cc2)C(C#N)=C(N)O3)cc1. The zero-order valence-electron chi connectivity index (χ0n) is 15.2. The first kappa shape index (κ1) is 18.6. The molecule has 3 N–H and O–H groups in total. The number of aryl methyl sites for hydroxylation is 1. The van der Waals surface area contributed by atoms with Crippen LogP contribution in [0.5, 0.6) is 5.88 Å². The molecule has 0 aliphatic carbocycles. The maximum absolute atomic E-state index is 13.0. The highest BCUT2D eigenvalue weighted by atomic mass is 19.4. The van der Waals surface area contributed by atoms with Gasteiger partial charge in [0.05, 0.1) is 22.7 Å². The number of fused-ring (bicyclic) bond motifs is 1. The number of allylic oxidation sites excluding steroid dienone is 1. The number of nitrogens with two attached hydrogens (primary N) is 1. The second-order valence-corrected chi connectivity index (χ2v) is 6.73. The van der Waals surface area contributed by atoms with Crippen LogP contribution in [0.1, 0.15) is 28.2 Å². The molecule has 29 heavy (non-hydrogen) atoms. The van der Waals surface area contributed by atoms with Crippen molar-refractivity contribution in [2.45, 2.75) is 19.0 Å². The van der Waals surface area contributed by atoms with Gasteiger partial charge in [0.1, 0.15) is 11.6 Å². The third-order valence-corrected chi connectivity index (χ3v) is 4.85. The van der Waals surface area contributed by atoms with Crippen molar-refractivity contribution in [3.63, 3.8) is 0 Å². The van der Waals surface area contributed by atoms with Crippen molar-refractivity contribution in [1.29, 1.82) is 5.26 Å². The number of ether oxygens (including phenoxy) is 1. The van der Waals surface area contributed by atoms with Crippen molar-refractivity contribution in [1.82, 2.24) is 10.2 Å². The fourth-order valence-electron chi connectivity index (χ4n) is 3.38. The Morgan fingerprint density at radius 2 is 1.76 bits per heavy atom. The minimum atomic E-state index is -4.45. The highest BCUT2D eigenvalue weighted by Gasteiger charge is 2.36. The Bertz CT molecular complexity index is 1140. The molecule has 2 aromatic carbocycles. The lowest BCUT2D eigenvalue weighted by atomic mass is 9.82. The lowest BCUT2D eigenvalue weighted by Gasteiger charge is -2.24. The summed E-state index contributed by atoms with van der Waals surface area (Å²) < 4.78 is 44.4. The van der Waals surface area contributed by atoms with Crippen LogP contribution in [0.3, 0.4) is 0 Å². The van der Waals surface area contributed by atoms with E-state index in [1.807, 2.05) is 37.3 Å². The van der Waals surface area contributed by atoms with E-state index in [9.17, 15) is 18.4 Å². The van der Waals surface area contributed by atoms with Crippen molar-refractivity contribution in [3.05, 3.63) is 82.2 Å². The molecule has 1 atom stereocenters. The Hall–Kier alpha value is -3.73. The van der Waals surface area contributed by atoms with Crippen molar-refractivity contribution in [2.24, 2.45) is 5.73 Å². The smallest absolute Gasteiger partial charge is 0.416 e. The van der Waals surface area contributed by atoms with Crippen molar-refractivity contribution in [2.75, 3.05) is 0 Å². The molecule has 0 radical (unpaired) electrons. The number of H-pyrrole nitrogens is 1. The Kier molecular flexibility index (Phi) is 4.31. The average molecular weight is 396 g/mol. The predicted molar refractivity (Wildman–Crippen MR) is 99.5 cm³/mol. The summed E-state index contributed by atoms with van der Waals surface area (Å²) in [6.45, 7) is 1.96. The molecule has 1 aliphatic rings. The summed E-state index contributed by atoms with van der Waals surface area (Å²) in [4.78, 5) is 0. The highest BCUT2D eigenvalue weighted by molar-refractivity contribution is 5.71. The lowest BCUT2D eigenvalue weighted by molar-refractivity contribution is -0.137. The van der Waals surface area contributed by atoms with Gasteiger partial charge in [0.2, 0.25) is 11.8 Å². The Morgan fingerprint density at radius 3 is 2.34 bits per heavy atom. The van der Waals surface area contributed by atoms with Crippen LogP contribution in [0.25, 0.3) is 11.3 Å². The molecular weight excluding hydrogens is 381 g/mol. The molecule has 0 fully saturated rings. The standard InChI is InChI=1S/C21H15F3N4O/c1-11-2-4-13(5-3-11)18-17-16(12-6-8-14(9-7-12)21(22,23)24)15(10-25)19(26)29-20(17)28-27-18/h2-9,16H,26H2,1H3,(H,27,28)/t16-/m0/s1. The van der Waals surface area contributed by atoms with E-state index >= 15 is 0 Å². The van der Waals surface area contributed by atoms with Gasteiger partial charge in [0.25, 0.3) is 0 Å². The molecule has 0 spiro atoms. The summed E-state index contributed by atoms with van der Waals surface area (Å²) in [6, 6.07) is 14.3. The average Bonchev–Trinajstić information content (AvgIpc) is 3.10. The van der Waals surface area contributed by atoms with Gasteiger partial charge >= 0.3 is 6.18 Å². The van der Waals surface area contributed by atoms with Gasteiger partial charge < -0.3 is 10.5 Å². The van der Waals surface area contributed by atoms with Crippen molar-refractivity contribution >= 4 is 0 Å². The summed E-state index contributed by atoms with van der Waals surface area (Å²) in [7, 11) is 0. The van der Waals surface area contributed by atoms with E-state index in [0.717, 1.165) is 23.3 Å². The predicted octanol–water partition coefficient (Wildman–Crippen LogP) is 4.62. The first-order valence-electron chi connectivity index (χ1n) is 8.69. The molecule has 5 nitrogen and oxygen atoms in total. The summed E-state index contributed by atoms with van der Waals surface area (Å²) >= 11 is 0. The number of nitrogens with zero attached hydrogens (tertiary/aromatic N) is 2. The second kappa shape index (κ2) is 6.71. The molecule has 8 heteroatoms. The van der Waals surface area contributed by atoms with Gasteiger partial charge in [0, 0.05) is 5.56 Å². The molecule has 3 aromatic rings. The number of benzene rings is 2. The first-order chi connectivity index (χ1) is 13.8. The Balaban J connectivity index is 1.88. The summed E-state index contributed by atoms with van der Waals surface area (Å²) in [5.74, 6) is -0.630. The van der Waals surface area contributed by atoms with Gasteiger partial charge in [-0.15, -0.1) is 5.10 Å². The number of aromatic amines is 1. The van der Waals surface area contributed by atoms with Crippen LogP contribution in [-0.4, -0.2) is 10.2 Å². The van der Waals surface area contributed by atoms with E-state index in [0.29, 0.717) is 16.8 Å². The van der Waals surface area contributed by atoms with E-state index in [1.54, 1.807) is 0 Å². The van der Waals surface area contributed by atoms with Crippen molar-refractivity contribution < 1.29 is 17.9 Å². The molecule has 1 aliphatic heterocycles. The van der Waals surface area contributed by atoms with E-state index in [1.165, 1.54) is 12.1 Å². The van der Waals surface area contributed by atoms with Gasteiger partial charge in [0.15, 0.2) is 0 Å². The maximum atomic E-state index is 13.0. The van der Waals surface area contributed by atoms with E-state index in [2.05, 4.69) is 10.2 Å². The van der Waals surface area contributed by atoms with E-state index in [4.69, 9.17) is 10.5 Å². The first-order valence-corrected chi connectivity index (χ1v) is 8.69. The molecule has 4 rings (SSSR count). The molecule has 0 unspecified atom stereocenters. The molecular formula is C21H15F3N4O. The number of halogens is 3. The third-order valence-electron chi connectivity index (χ3n) is 4.85. The molecule has 0 amide bonds. The number of hydrogen-bond donors (Lipinski definition) is 2. The molecule has 0 saturated carbocycles. The monoisotopic (exact) mass is 396 g/mol. The van der Waals surface area contributed by atoms with Crippen LogP contribution in [0.4, 0.5) is 13.2 Å². The largest absolute Gasteiger partial charge is 0.420 e. The van der Waals surface area contributed by atoms with Crippen LogP contribution in [0.15, 0.2) is 60.0 Å². The molecule has 2 heterocycles. The van der Waals surface area contributed by atoms with Gasteiger partial charge in [-0.3, -0.25) is 5.10 Å². The Labute approximate surface area is 164 Å². The number of rotatable bonds is 2. The van der Waals surface area contributed by atoms with E-state index < -0.39 is 17.7 Å². The number of alkyl halides is 3. The van der Waals surface area contributed by atoms with Crippen LogP contribution < -0.4 is 10.5 Å². The van der Waals surface area contributed by atoms with Gasteiger partial charge in [-0.2, -0.15) is 18.4 Å². The van der Waals surface area contributed by atoms with Gasteiger partial charge in [-0.05, 0) is 24.6 Å². The fraction of sp³-hybridized carbons (Fsp3) is 0.143. The topological polar surface area (TPSA) is 87.7 Å². The number of nitriles is 1. The second-order valence-electron chi connectivity index (χ2n) is 6.73. The third kappa shape index (κ3) is 3.21. The normalized spacial score (nSPS) is 16.2. The molecule has 0 saturated heterocycles. The van der Waals surface area contributed by atoms with E-state index in [-0.39, 0.29) is 17.3 Å².